The Labute approximate surface area is 131 Å². The summed E-state index contributed by atoms with van der Waals surface area (Å²) in [7, 11) is 0. The molecule has 0 atom stereocenters. The van der Waals surface area contributed by atoms with Crippen LogP contribution < -0.4 is 0 Å². The Morgan fingerprint density at radius 1 is 1.38 bits per heavy atom. The van der Waals surface area contributed by atoms with E-state index in [1.165, 1.54) is 18.9 Å². The molecule has 1 saturated carbocycles. The van der Waals surface area contributed by atoms with Gasteiger partial charge in [-0.3, -0.25) is 4.79 Å². The number of benzene rings is 1. The van der Waals surface area contributed by atoms with Crippen LogP contribution in [0.4, 0.5) is 0 Å². The number of phenols is 1. The van der Waals surface area contributed by atoms with Crippen molar-refractivity contribution in [2.75, 3.05) is 6.54 Å². The summed E-state index contributed by atoms with van der Waals surface area (Å²) in [6.45, 7) is 5.08. The van der Waals surface area contributed by atoms with Gasteiger partial charge in [-0.05, 0) is 43.4 Å². The van der Waals surface area contributed by atoms with Gasteiger partial charge in [-0.1, -0.05) is 38.3 Å². The fourth-order valence-electron chi connectivity index (χ4n) is 2.90. The molecule has 0 aromatic heterocycles. The largest absolute Gasteiger partial charge is 0.507 e. The SMILES string of the molecule is CC(C)CCN(C(=O)c1ccc(Cl)cc1O)C1CCCC1. The maximum absolute atomic E-state index is 12.8. The number of aromatic hydroxyl groups is 1. The zero-order chi connectivity index (χ0) is 15.4. The second-order valence-corrected chi connectivity index (χ2v) is 6.72. The van der Waals surface area contributed by atoms with Crippen LogP contribution in [0, 0.1) is 5.92 Å². The van der Waals surface area contributed by atoms with E-state index in [2.05, 4.69) is 13.8 Å². The first-order valence-electron chi connectivity index (χ1n) is 7.78. The van der Waals surface area contributed by atoms with Gasteiger partial charge < -0.3 is 10.0 Å². The van der Waals surface area contributed by atoms with Crippen molar-refractivity contribution < 1.29 is 9.90 Å². The van der Waals surface area contributed by atoms with Crippen LogP contribution >= 0.6 is 11.6 Å². The van der Waals surface area contributed by atoms with Gasteiger partial charge >= 0.3 is 0 Å². The van der Waals surface area contributed by atoms with E-state index in [1.54, 1.807) is 12.1 Å². The molecule has 1 aliphatic rings. The van der Waals surface area contributed by atoms with Crippen molar-refractivity contribution in [2.45, 2.75) is 52.0 Å². The quantitative estimate of drug-likeness (QED) is 0.871. The lowest BCUT2D eigenvalue weighted by Gasteiger charge is -2.30. The monoisotopic (exact) mass is 309 g/mol. The molecule has 1 amide bonds. The maximum atomic E-state index is 12.8. The van der Waals surface area contributed by atoms with Crippen LogP contribution in [0.15, 0.2) is 18.2 Å². The van der Waals surface area contributed by atoms with Crippen LogP contribution in [-0.4, -0.2) is 28.5 Å². The summed E-state index contributed by atoms with van der Waals surface area (Å²) in [6.07, 6.45) is 5.48. The summed E-state index contributed by atoms with van der Waals surface area (Å²) in [6, 6.07) is 5.02. The summed E-state index contributed by atoms with van der Waals surface area (Å²) in [5, 5.41) is 10.4. The summed E-state index contributed by atoms with van der Waals surface area (Å²) in [4.78, 5) is 14.8. The Kier molecular flexibility index (Phi) is 5.51. The fraction of sp³-hybridized carbons (Fsp3) is 0.588. The minimum atomic E-state index is -0.0725. The Bertz CT molecular complexity index is 496. The average Bonchev–Trinajstić information content (AvgIpc) is 2.92. The Hall–Kier alpha value is -1.22. The van der Waals surface area contributed by atoms with Crippen LogP contribution in [0.2, 0.25) is 5.02 Å². The number of carbonyl (C=O) groups excluding carboxylic acids is 1. The molecule has 1 fully saturated rings. The highest BCUT2D eigenvalue weighted by Gasteiger charge is 2.28. The highest BCUT2D eigenvalue weighted by molar-refractivity contribution is 6.30. The van der Waals surface area contributed by atoms with Gasteiger partial charge in [-0.2, -0.15) is 0 Å². The van der Waals surface area contributed by atoms with Crippen molar-refractivity contribution in [3.8, 4) is 5.75 Å². The van der Waals surface area contributed by atoms with E-state index < -0.39 is 0 Å². The molecular weight excluding hydrogens is 286 g/mol. The van der Waals surface area contributed by atoms with E-state index in [0.29, 0.717) is 22.5 Å². The van der Waals surface area contributed by atoms with Crippen molar-refractivity contribution in [2.24, 2.45) is 5.92 Å². The number of nitrogens with zero attached hydrogens (tertiary/aromatic N) is 1. The molecule has 0 radical (unpaired) electrons. The van der Waals surface area contributed by atoms with Crippen LogP contribution in [0.1, 0.15) is 56.3 Å². The van der Waals surface area contributed by atoms with E-state index in [0.717, 1.165) is 25.8 Å². The number of hydrogen-bond acceptors (Lipinski definition) is 2. The van der Waals surface area contributed by atoms with Crippen LogP contribution in [0.3, 0.4) is 0 Å². The Morgan fingerprint density at radius 2 is 2.05 bits per heavy atom. The first-order valence-corrected chi connectivity index (χ1v) is 8.16. The van der Waals surface area contributed by atoms with Gasteiger partial charge in [-0.15, -0.1) is 0 Å². The second kappa shape index (κ2) is 7.17. The van der Waals surface area contributed by atoms with E-state index in [1.807, 2.05) is 4.90 Å². The normalized spacial score (nSPS) is 15.6. The number of hydrogen-bond donors (Lipinski definition) is 1. The van der Waals surface area contributed by atoms with E-state index in [9.17, 15) is 9.90 Å². The number of rotatable bonds is 5. The fourth-order valence-corrected chi connectivity index (χ4v) is 3.07. The van der Waals surface area contributed by atoms with Crippen LogP contribution in [0.25, 0.3) is 0 Å². The van der Waals surface area contributed by atoms with Gasteiger partial charge in [0.25, 0.3) is 5.91 Å². The predicted molar refractivity (Wildman–Crippen MR) is 85.9 cm³/mol. The maximum Gasteiger partial charge on any atom is 0.257 e. The van der Waals surface area contributed by atoms with Gasteiger partial charge in [0, 0.05) is 17.6 Å². The molecule has 1 aromatic carbocycles. The lowest BCUT2D eigenvalue weighted by atomic mass is 10.1. The van der Waals surface area contributed by atoms with E-state index in [4.69, 9.17) is 11.6 Å². The Balaban J connectivity index is 2.19. The average molecular weight is 310 g/mol. The summed E-state index contributed by atoms with van der Waals surface area (Å²) < 4.78 is 0. The number of phenolic OH excluding ortho intramolecular Hbond substituents is 1. The molecule has 0 bridgehead atoms. The minimum absolute atomic E-state index is 0.0277. The molecule has 116 valence electrons. The molecule has 2 rings (SSSR count). The molecule has 1 aliphatic carbocycles. The molecule has 0 aliphatic heterocycles. The first-order chi connectivity index (χ1) is 9.99. The molecule has 1 aromatic rings. The highest BCUT2D eigenvalue weighted by atomic mass is 35.5. The highest BCUT2D eigenvalue weighted by Crippen LogP contribution is 2.29. The van der Waals surface area contributed by atoms with Gasteiger partial charge in [0.1, 0.15) is 5.75 Å². The van der Waals surface area contributed by atoms with Gasteiger partial charge in [-0.25, -0.2) is 0 Å². The molecule has 0 unspecified atom stereocenters. The van der Waals surface area contributed by atoms with E-state index >= 15 is 0 Å². The lowest BCUT2D eigenvalue weighted by molar-refractivity contribution is 0.0669. The summed E-state index contributed by atoms with van der Waals surface area (Å²) in [5.74, 6) is 0.456. The molecule has 0 heterocycles. The Morgan fingerprint density at radius 3 is 2.62 bits per heavy atom. The van der Waals surface area contributed by atoms with E-state index in [-0.39, 0.29) is 11.7 Å². The lowest BCUT2D eigenvalue weighted by Crippen LogP contribution is -2.40. The van der Waals surface area contributed by atoms with Crippen molar-refractivity contribution in [3.63, 3.8) is 0 Å². The van der Waals surface area contributed by atoms with Gasteiger partial charge in [0.2, 0.25) is 0 Å². The third-order valence-electron chi connectivity index (χ3n) is 4.16. The third kappa shape index (κ3) is 4.13. The summed E-state index contributed by atoms with van der Waals surface area (Å²) >= 11 is 5.85. The van der Waals surface area contributed by atoms with Crippen molar-refractivity contribution in [1.29, 1.82) is 0 Å². The topological polar surface area (TPSA) is 40.5 Å². The molecule has 3 nitrogen and oxygen atoms in total. The number of carbonyl (C=O) groups is 1. The second-order valence-electron chi connectivity index (χ2n) is 6.28. The molecular formula is C17H24ClNO2. The zero-order valence-corrected chi connectivity index (χ0v) is 13.6. The van der Waals surface area contributed by atoms with Crippen LogP contribution in [0.5, 0.6) is 5.75 Å². The van der Waals surface area contributed by atoms with Crippen molar-refractivity contribution >= 4 is 17.5 Å². The number of halogens is 1. The molecule has 4 heteroatoms. The molecule has 1 N–H and O–H groups in total. The molecule has 21 heavy (non-hydrogen) atoms. The molecule has 0 spiro atoms. The predicted octanol–water partition coefficient (Wildman–Crippen LogP) is 4.48. The smallest absolute Gasteiger partial charge is 0.257 e. The van der Waals surface area contributed by atoms with Gasteiger partial charge in [0.15, 0.2) is 0 Å². The third-order valence-corrected chi connectivity index (χ3v) is 4.40. The molecule has 0 saturated heterocycles. The van der Waals surface area contributed by atoms with Crippen molar-refractivity contribution in [3.05, 3.63) is 28.8 Å². The van der Waals surface area contributed by atoms with Crippen LogP contribution in [-0.2, 0) is 0 Å². The van der Waals surface area contributed by atoms with Crippen molar-refractivity contribution in [1.82, 2.24) is 4.90 Å². The number of amides is 1. The summed E-state index contributed by atoms with van der Waals surface area (Å²) in [5.41, 5.74) is 0.357. The zero-order valence-electron chi connectivity index (χ0n) is 12.8. The van der Waals surface area contributed by atoms with Gasteiger partial charge in [0.05, 0.1) is 5.56 Å². The minimum Gasteiger partial charge on any atom is -0.507 e. The first kappa shape index (κ1) is 16.2. The standard InChI is InChI=1S/C17H24ClNO2/c1-12(2)9-10-19(14-5-3-4-6-14)17(21)15-8-7-13(18)11-16(15)20/h7-8,11-12,14,20H,3-6,9-10H2,1-2H3.